The van der Waals surface area contributed by atoms with Crippen molar-refractivity contribution < 1.29 is 44.6 Å². The zero-order valence-corrected chi connectivity index (χ0v) is 21.4. The van der Waals surface area contributed by atoms with Gasteiger partial charge in [0.25, 0.3) is 0 Å². The van der Waals surface area contributed by atoms with E-state index in [1.54, 1.807) is 0 Å². The van der Waals surface area contributed by atoms with E-state index in [1.807, 2.05) is 6.20 Å². The monoisotopic (exact) mass is 552 g/mol. The van der Waals surface area contributed by atoms with Crippen LogP contribution in [0.3, 0.4) is 0 Å². The molecule has 33 heavy (non-hydrogen) atoms. The molecule has 0 atom stereocenters. The van der Waals surface area contributed by atoms with Gasteiger partial charge in [0.1, 0.15) is 0 Å². The van der Waals surface area contributed by atoms with Gasteiger partial charge in [0.15, 0.2) is 0 Å². The number of aromatic amines is 1. The molecule has 0 spiro atoms. The Labute approximate surface area is 220 Å². The van der Waals surface area contributed by atoms with Gasteiger partial charge in [0, 0.05) is 0 Å². The third-order valence-corrected chi connectivity index (χ3v) is 8.02. The van der Waals surface area contributed by atoms with Crippen molar-refractivity contribution in [2.75, 3.05) is 0 Å². The van der Waals surface area contributed by atoms with Gasteiger partial charge < -0.3 is 0 Å². The summed E-state index contributed by atoms with van der Waals surface area (Å²) in [4.78, 5) is 8.09. The van der Waals surface area contributed by atoms with Crippen LogP contribution < -0.4 is 5.35 Å². The molecule has 3 aromatic carbocycles. The number of hydrogen-bond donors (Lipinski definition) is 2. The molecule has 2 heterocycles. The molecule has 1 aliphatic rings. The molecular formula is C28H28N4Xe. The van der Waals surface area contributed by atoms with E-state index in [9.17, 15) is 0 Å². The number of hydrogen-bond acceptors (Lipinski definition) is 3. The van der Waals surface area contributed by atoms with E-state index < -0.39 is 0 Å². The fraction of sp³-hybridized carbons (Fsp3) is 0.214. The third-order valence-electron chi connectivity index (χ3n) is 5.99. The maximum atomic E-state index is 4.91. The Morgan fingerprint density at radius 2 is 1.55 bits per heavy atom. The van der Waals surface area contributed by atoms with Gasteiger partial charge in [-0.05, 0) is 0 Å². The standard InChI is InChI=1S/C28H28N4Xe/c1-16(2)27-29-15-25(31-27)24-13-12-21(22-8-6-7-9-23(22)24)19-10-11-20-18(5)30-28(17(3)4)32-33-26(20)14-19/h6-17H,5H2,1-4H3,(H,29,31)(H,30,32). The number of H-pyrrole nitrogens is 1. The predicted octanol–water partition coefficient (Wildman–Crippen LogP) is 6.27. The molecule has 1 aromatic heterocycles. The van der Waals surface area contributed by atoms with Crippen molar-refractivity contribution in [1.29, 1.82) is 0 Å². The van der Waals surface area contributed by atoms with Crippen LogP contribution in [0.15, 0.2) is 67.4 Å². The summed E-state index contributed by atoms with van der Waals surface area (Å²) in [7, 11) is 0. The number of amidine groups is 1. The second kappa shape index (κ2) is 9.28. The Morgan fingerprint density at radius 1 is 0.848 bits per heavy atom. The quantitative estimate of drug-likeness (QED) is 0.314. The number of imidazole rings is 1. The minimum atomic E-state index is -0.275. The third kappa shape index (κ3) is 4.38. The first kappa shape index (κ1) is 22.7. The fourth-order valence-corrected chi connectivity index (χ4v) is 6.38. The van der Waals surface area contributed by atoms with Crippen LogP contribution in [0.4, 0.5) is 0 Å². The Hall–Kier alpha value is -2.09. The molecule has 0 fully saturated rings. The number of aromatic nitrogens is 2. The number of benzene rings is 3. The van der Waals surface area contributed by atoms with Crippen LogP contribution in [0.1, 0.15) is 45.0 Å². The number of nitrogens with zero attached hydrogens (tertiary/aromatic N) is 2. The average molecular weight is 552 g/mol. The van der Waals surface area contributed by atoms with Gasteiger partial charge >= 0.3 is 223 Å². The van der Waals surface area contributed by atoms with Gasteiger partial charge in [-0.15, -0.1) is 0 Å². The summed E-state index contributed by atoms with van der Waals surface area (Å²) in [5, 5.41) is 5.89. The molecule has 0 unspecified atom stereocenters. The molecule has 5 rings (SSSR count). The van der Waals surface area contributed by atoms with Crippen LogP contribution in [0.2, 0.25) is 0 Å². The molecule has 0 saturated carbocycles. The molecule has 2 N–H and O–H groups in total. The van der Waals surface area contributed by atoms with Gasteiger partial charge in [0.05, 0.1) is 0 Å². The van der Waals surface area contributed by atoms with E-state index in [4.69, 9.17) is 0.00482 Å². The van der Waals surface area contributed by atoms with E-state index in [-0.39, 0.29) is 44.6 Å². The topological polar surface area (TPSA) is 53.1 Å². The second-order valence-corrected chi connectivity index (χ2v) is 11.0. The molecule has 4 nitrogen and oxygen atoms in total. The summed E-state index contributed by atoms with van der Waals surface area (Å²) in [6.45, 7) is 12.9. The molecule has 0 radical (unpaired) electrons. The van der Waals surface area contributed by atoms with Gasteiger partial charge in [-0.25, -0.2) is 0 Å². The number of rotatable bonds is 4. The van der Waals surface area contributed by atoms with Gasteiger partial charge in [-0.2, -0.15) is 0 Å². The van der Waals surface area contributed by atoms with Crippen LogP contribution >= 0.6 is 0 Å². The zero-order valence-electron chi connectivity index (χ0n) is 19.4. The summed E-state index contributed by atoms with van der Waals surface area (Å²) in [5.74, 6) is 2.78. The fourth-order valence-electron chi connectivity index (χ4n) is 4.10. The predicted molar refractivity (Wildman–Crippen MR) is 135 cm³/mol. The summed E-state index contributed by atoms with van der Waals surface area (Å²) < 4.78 is 6.19. The molecule has 0 amide bonds. The molecule has 0 bridgehead atoms. The van der Waals surface area contributed by atoms with Crippen molar-refractivity contribution in [2.45, 2.75) is 33.6 Å². The van der Waals surface area contributed by atoms with Gasteiger partial charge in [-0.1, -0.05) is 0 Å². The Balaban J connectivity index is 1.61. The van der Waals surface area contributed by atoms with E-state index in [0.29, 0.717) is 11.8 Å². The Bertz CT molecular complexity index is 1390. The second-order valence-electron chi connectivity index (χ2n) is 9.03. The van der Waals surface area contributed by atoms with Crippen molar-refractivity contribution in [1.82, 2.24) is 15.3 Å². The molecule has 0 aliphatic carbocycles. The molecule has 5 heteroatoms. The number of nitrogens with one attached hydrogen (secondary N) is 2. The molecule has 0 saturated heterocycles. The van der Waals surface area contributed by atoms with Crippen LogP contribution in [-0.2, 0) is 0 Å². The van der Waals surface area contributed by atoms with E-state index in [0.717, 1.165) is 23.1 Å². The molecule has 1 aliphatic heterocycles. The van der Waals surface area contributed by atoms with Crippen molar-refractivity contribution in [3.8, 4) is 22.4 Å². The minimum absolute atomic E-state index is 0.275. The zero-order chi connectivity index (χ0) is 23.1. The number of fused-ring (bicyclic) bond motifs is 2. The van der Waals surface area contributed by atoms with Crippen molar-refractivity contribution in [3.05, 3.63) is 78.8 Å². The van der Waals surface area contributed by atoms with Crippen LogP contribution in [0.25, 0.3) is 38.9 Å². The van der Waals surface area contributed by atoms with Gasteiger partial charge in [0.2, 0.25) is 0 Å². The van der Waals surface area contributed by atoms with Gasteiger partial charge in [-0.3, -0.25) is 0 Å². The van der Waals surface area contributed by atoms with Crippen LogP contribution in [0, 0.1) is 50.5 Å². The van der Waals surface area contributed by atoms with Crippen molar-refractivity contribution in [2.24, 2.45) is 5.92 Å². The van der Waals surface area contributed by atoms with E-state index in [2.05, 4.69) is 104 Å². The van der Waals surface area contributed by atoms with Crippen molar-refractivity contribution >= 4 is 22.3 Å². The molecule has 4 aromatic rings. The first-order chi connectivity index (χ1) is 15.9. The first-order valence-electron chi connectivity index (χ1n) is 11.3. The van der Waals surface area contributed by atoms with Crippen molar-refractivity contribution in [3.63, 3.8) is 0 Å². The summed E-state index contributed by atoms with van der Waals surface area (Å²) >= 11 is -0.275. The summed E-state index contributed by atoms with van der Waals surface area (Å²) in [6, 6.07) is 19.8. The van der Waals surface area contributed by atoms with E-state index in [1.165, 1.54) is 33.1 Å². The van der Waals surface area contributed by atoms with E-state index >= 15 is 0 Å². The first-order valence-corrected chi connectivity index (χ1v) is 13.2. The SMILES string of the molecule is C=C1NC(C(C)C)=N[Xe]c2cc(-c3ccc(-c4cnc(C(C)C)[nH]4)c4ccccc34)ccc21. The summed E-state index contributed by atoms with van der Waals surface area (Å²) in [6.07, 6.45) is 1.95. The maximum absolute atomic E-state index is 4.91. The van der Waals surface area contributed by atoms with Crippen LogP contribution in [0.5, 0.6) is 0 Å². The summed E-state index contributed by atoms with van der Waals surface area (Å²) in [5.41, 5.74) is 6.81. The molecular weight excluding hydrogens is 524 g/mol. The Morgan fingerprint density at radius 3 is 2.24 bits per heavy atom. The molecule has 168 valence electrons. The Kier molecular flexibility index (Phi) is 6.38. The van der Waals surface area contributed by atoms with Crippen LogP contribution in [-0.4, -0.2) is 15.8 Å². The normalized spacial score (nSPS) is 14.0. The average Bonchev–Trinajstić information content (AvgIpc) is 3.24.